The van der Waals surface area contributed by atoms with Crippen LogP contribution in [0.15, 0.2) is 95.5 Å². The first-order valence-corrected chi connectivity index (χ1v) is 16.0. The molecule has 0 heterocycles. The fraction of sp³-hybridized carbons (Fsp3) is 0.171. The molecule has 0 aliphatic heterocycles. The number of anilines is 2. The van der Waals surface area contributed by atoms with Gasteiger partial charge in [0.1, 0.15) is 11.4 Å². The number of thioether (sulfide) groups is 1. The van der Waals surface area contributed by atoms with Crippen molar-refractivity contribution in [2.24, 2.45) is 0 Å². The summed E-state index contributed by atoms with van der Waals surface area (Å²) in [5, 5.41) is 8.79. The lowest BCUT2D eigenvalue weighted by molar-refractivity contribution is -0.116. The van der Waals surface area contributed by atoms with Crippen LogP contribution in [0.25, 0.3) is 6.08 Å². The number of carbonyl (C=O) groups excluding carboxylic acids is 3. The monoisotopic (exact) mass is 693 g/mol. The quantitative estimate of drug-likeness (QED) is 0.0962. The van der Waals surface area contributed by atoms with E-state index in [1.165, 1.54) is 39.2 Å². The summed E-state index contributed by atoms with van der Waals surface area (Å²) in [6.45, 7) is 1.90. The van der Waals surface area contributed by atoms with Gasteiger partial charge >= 0.3 is 0 Å². The fourth-order valence-electron chi connectivity index (χ4n) is 4.40. The number of methoxy groups -OCH3 is 3. The van der Waals surface area contributed by atoms with Crippen molar-refractivity contribution in [2.45, 2.75) is 23.5 Å². The van der Waals surface area contributed by atoms with Gasteiger partial charge in [-0.3, -0.25) is 14.4 Å². The Kier molecular flexibility index (Phi) is 12.6. The third-order valence-corrected chi connectivity index (χ3v) is 8.69. The van der Waals surface area contributed by atoms with Crippen molar-refractivity contribution in [3.05, 3.63) is 112 Å². The van der Waals surface area contributed by atoms with Gasteiger partial charge in [-0.05, 0) is 67.1 Å². The summed E-state index contributed by atoms with van der Waals surface area (Å²) in [6, 6.07) is 23.7. The Morgan fingerprint density at radius 1 is 0.809 bits per heavy atom. The summed E-state index contributed by atoms with van der Waals surface area (Å²) in [7, 11) is 4.48. The summed E-state index contributed by atoms with van der Waals surface area (Å²) in [6.07, 6.45) is 2.03. The van der Waals surface area contributed by atoms with Crippen LogP contribution in [0, 0.1) is 0 Å². The Morgan fingerprint density at radius 2 is 1.51 bits per heavy atom. The van der Waals surface area contributed by atoms with Gasteiger partial charge in [0.15, 0.2) is 11.5 Å². The minimum atomic E-state index is -0.588. The Bertz CT molecular complexity index is 1780. The number of ether oxygens (including phenoxy) is 3. The highest BCUT2D eigenvalue weighted by Gasteiger charge is 2.21. The van der Waals surface area contributed by atoms with E-state index < -0.39 is 17.1 Å². The van der Waals surface area contributed by atoms with E-state index >= 15 is 0 Å². The minimum Gasteiger partial charge on any atom is -0.496 e. The van der Waals surface area contributed by atoms with Gasteiger partial charge in [0.2, 0.25) is 5.91 Å². The largest absolute Gasteiger partial charge is 0.496 e. The van der Waals surface area contributed by atoms with E-state index in [9.17, 15) is 14.4 Å². The van der Waals surface area contributed by atoms with Crippen LogP contribution < -0.4 is 30.2 Å². The van der Waals surface area contributed by atoms with Crippen molar-refractivity contribution in [3.63, 3.8) is 0 Å². The number of halogens is 2. The van der Waals surface area contributed by atoms with Crippen molar-refractivity contribution in [1.29, 1.82) is 0 Å². The molecule has 0 aliphatic rings. The smallest absolute Gasteiger partial charge is 0.272 e. The van der Waals surface area contributed by atoms with Crippen LogP contribution in [0.5, 0.6) is 17.2 Å². The Balaban J connectivity index is 1.59. The summed E-state index contributed by atoms with van der Waals surface area (Å²) in [5.74, 6) is -0.0570. The number of carbonyl (C=O) groups is 3. The number of benzene rings is 4. The van der Waals surface area contributed by atoms with Gasteiger partial charge in [-0.1, -0.05) is 54.4 Å². The van der Waals surface area contributed by atoms with E-state index in [0.29, 0.717) is 56.2 Å². The number of rotatable bonds is 13. The summed E-state index contributed by atoms with van der Waals surface area (Å²) in [5.41, 5.74) is 1.70. The maximum absolute atomic E-state index is 13.7. The van der Waals surface area contributed by atoms with Gasteiger partial charge in [0.05, 0.1) is 37.3 Å². The summed E-state index contributed by atoms with van der Waals surface area (Å²) in [4.78, 5) is 40.7. The molecule has 0 aromatic heterocycles. The Hall–Kier alpha value is -4.64. The van der Waals surface area contributed by atoms with Crippen LogP contribution in [0.3, 0.4) is 0 Å². The lowest BCUT2D eigenvalue weighted by Crippen LogP contribution is -2.30. The zero-order valence-electron chi connectivity index (χ0n) is 26.1. The molecule has 12 heteroatoms. The predicted molar refractivity (Wildman–Crippen MR) is 188 cm³/mol. The molecule has 0 saturated carbocycles. The van der Waals surface area contributed by atoms with Crippen LogP contribution in [-0.4, -0.2) is 44.3 Å². The number of hydrogen-bond donors (Lipinski definition) is 3. The third-order valence-electron chi connectivity index (χ3n) is 6.79. The molecular weight excluding hydrogens is 661 g/mol. The van der Waals surface area contributed by atoms with Crippen LogP contribution in [-0.2, 0) is 9.59 Å². The lowest BCUT2D eigenvalue weighted by atomic mass is 10.1. The zero-order valence-corrected chi connectivity index (χ0v) is 28.4. The molecule has 0 saturated heterocycles. The molecule has 9 nitrogen and oxygen atoms in total. The second kappa shape index (κ2) is 16.8. The zero-order chi connectivity index (χ0) is 33.9. The molecule has 3 N–H and O–H groups in total. The fourth-order valence-corrected chi connectivity index (χ4v) is 5.87. The molecule has 244 valence electrons. The molecule has 0 fully saturated rings. The van der Waals surface area contributed by atoms with Gasteiger partial charge in [-0.25, -0.2) is 0 Å². The standard InChI is InChI=1S/C35H33Cl2N3O6S/c1-5-32(35(43)39-27-15-14-23(36)18-26(27)37)47-25-13-9-12-24(19-25)38-34(42)28(40-33(41)21-10-7-6-8-11-21)16-22-17-30(45-3)31(46-4)20-29(22)44-2/h6-20,32H,5H2,1-4H3,(H,38,42)(H,39,43)(H,40,41)/b28-16+. The Labute approximate surface area is 287 Å². The third kappa shape index (κ3) is 9.45. The molecule has 0 bridgehead atoms. The Morgan fingerprint density at radius 3 is 2.17 bits per heavy atom. The summed E-state index contributed by atoms with van der Waals surface area (Å²) >= 11 is 13.6. The van der Waals surface area contributed by atoms with Gasteiger partial charge in [-0.2, -0.15) is 0 Å². The molecule has 4 rings (SSSR count). The predicted octanol–water partition coefficient (Wildman–Crippen LogP) is 7.94. The first-order chi connectivity index (χ1) is 22.6. The van der Waals surface area contributed by atoms with Crippen molar-refractivity contribution in [1.82, 2.24) is 5.32 Å². The number of nitrogens with one attached hydrogen (secondary N) is 3. The molecular formula is C35H33Cl2N3O6S. The number of hydrogen-bond acceptors (Lipinski definition) is 7. The maximum atomic E-state index is 13.7. The van der Waals surface area contributed by atoms with Crippen LogP contribution in [0.2, 0.25) is 10.0 Å². The van der Waals surface area contributed by atoms with Gasteiger partial charge in [0.25, 0.3) is 11.8 Å². The van der Waals surface area contributed by atoms with Gasteiger partial charge in [0, 0.05) is 32.8 Å². The average Bonchev–Trinajstić information content (AvgIpc) is 3.08. The normalized spacial score (nSPS) is 11.7. The number of amides is 3. The average molecular weight is 695 g/mol. The first kappa shape index (κ1) is 35.2. The summed E-state index contributed by atoms with van der Waals surface area (Å²) < 4.78 is 16.3. The van der Waals surface area contributed by atoms with Crippen molar-refractivity contribution in [2.75, 3.05) is 32.0 Å². The molecule has 0 spiro atoms. The van der Waals surface area contributed by atoms with Gasteiger partial charge in [-0.15, -0.1) is 11.8 Å². The van der Waals surface area contributed by atoms with Crippen LogP contribution in [0.4, 0.5) is 11.4 Å². The van der Waals surface area contributed by atoms with E-state index in [0.717, 1.165) is 4.90 Å². The molecule has 1 unspecified atom stereocenters. The maximum Gasteiger partial charge on any atom is 0.272 e. The van der Waals surface area contributed by atoms with E-state index in [1.807, 2.05) is 13.0 Å². The molecule has 47 heavy (non-hydrogen) atoms. The molecule has 0 aliphatic carbocycles. The van der Waals surface area contributed by atoms with Crippen molar-refractivity contribution < 1.29 is 28.6 Å². The minimum absolute atomic E-state index is 0.0481. The van der Waals surface area contributed by atoms with Crippen LogP contribution in [0.1, 0.15) is 29.3 Å². The molecule has 1 atom stereocenters. The van der Waals surface area contributed by atoms with E-state index in [-0.39, 0.29) is 11.6 Å². The van der Waals surface area contributed by atoms with E-state index in [4.69, 9.17) is 37.4 Å². The topological polar surface area (TPSA) is 115 Å². The highest BCUT2D eigenvalue weighted by atomic mass is 35.5. The van der Waals surface area contributed by atoms with Crippen LogP contribution >= 0.6 is 35.0 Å². The molecule has 0 radical (unpaired) electrons. The molecule has 4 aromatic carbocycles. The second-order valence-electron chi connectivity index (χ2n) is 9.94. The lowest BCUT2D eigenvalue weighted by Gasteiger charge is -2.17. The SMILES string of the molecule is CCC(Sc1cccc(NC(=O)/C(=C\c2cc(OC)c(OC)cc2OC)NC(=O)c2ccccc2)c1)C(=O)Nc1ccc(Cl)cc1Cl. The molecule has 3 amide bonds. The first-order valence-electron chi connectivity index (χ1n) is 14.4. The van der Waals surface area contributed by atoms with Crippen molar-refractivity contribution in [3.8, 4) is 17.2 Å². The van der Waals surface area contributed by atoms with Gasteiger partial charge < -0.3 is 30.2 Å². The van der Waals surface area contributed by atoms with E-state index in [1.54, 1.807) is 78.9 Å². The molecule has 4 aromatic rings. The van der Waals surface area contributed by atoms with Crippen molar-refractivity contribution >= 4 is 70.1 Å². The highest BCUT2D eigenvalue weighted by Crippen LogP contribution is 2.36. The van der Waals surface area contributed by atoms with E-state index in [2.05, 4.69) is 16.0 Å². The highest BCUT2D eigenvalue weighted by molar-refractivity contribution is 8.00. The second-order valence-corrected chi connectivity index (χ2v) is 12.1.